The zero-order valence-electron chi connectivity index (χ0n) is 12.7. The molecule has 0 aliphatic rings. The van der Waals surface area contributed by atoms with Crippen molar-refractivity contribution >= 4 is 6.79 Å². The van der Waals surface area contributed by atoms with E-state index in [9.17, 15) is 5.11 Å². The summed E-state index contributed by atoms with van der Waals surface area (Å²) in [4.78, 5) is 8.00. The molecule has 0 bridgehead atoms. The van der Waals surface area contributed by atoms with Gasteiger partial charge in [0.2, 0.25) is 0 Å². The molecule has 0 unspecified atom stereocenters. The lowest BCUT2D eigenvalue weighted by molar-refractivity contribution is -0.0979. The van der Waals surface area contributed by atoms with Crippen molar-refractivity contribution < 1.29 is 9.90 Å². The van der Waals surface area contributed by atoms with Gasteiger partial charge in [-0.25, -0.2) is 0 Å². The first-order valence-electron chi connectivity index (χ1n) is 6.17. The van der Waals surface area contributed by atoms with Crippen LogP contribution in [0.3, 0.4) is 0 Å². The van der Waals surface area contributed by atoms with Gasteiger partial charge in [-0.1, -0.05) is 59.2 Å². The molecule has 0 amide bonds. The van der Waals surface area contributed by atoms with Crippen LogP contribution in [0.15, 0.2) is 12.1 Å². The highest BCUT2D eigenvalue weighted by Crippen LogP contribution is 2.39. The van der Waals surface area contributed by atoms with Gasteiger partial charge >= 0.3 is 0 Å². The second-order valence-electron chi connectivity index (χ2n) is 6.71. The number of hydrogen-bond donors (Lipinski definition) is 1. The fraction of sp³-hybridized carbons (Fsp3) is 0.562. The van der Waals surface area contributed by atoms with Crippen molar-refractivity contribution in [1.82, 2.24) is 0 Å². The molecule has 0 saturated carbocycles. The van der Waals surface area contributed by atoms with E-state index in [4.69, 9.17) is 4.79 Å². The number of benzene rings is 1. The lowest BCUT2D eigenvalue weighted by atomic mass is 9.78. The lowest BCUT2D eigenvalue weighted by Gasteiger charge is -2.27. The fourth-order valence-corrected chi connectivity index (χ4v) is 1.92. The second-order valence-corrected chi connectivity index (χ2v) is 6.71. The summed E-state index contributed by atoms with van der Waals surface area (Å²) in [5.74, 6) is 0.464. The maximum absolute atomic E-state index is 10.4. The summed E-state index contributed by atoms with van der Waals surface area (Å²) in [6.07, 6.45) is 0. The molecule has 2 nitrogen and oxygen atoms in total. The van der Waals surface area contributed by atoms with Crippen molar-refractivity contribution in [3.63, 3.8) is 0 Å². The third-order valence-corrected chi connectivity index (χ3v) is 2.87. The van der Waals surface area contributed by atoms with Crippen molar-refractivity contribution in [3.05, 3.63) is 28.8 Å². The van der Waals surface area contributed by atoms with Crippen molar-refractivity contribution in [3.8, 4) is 5.75 Å². The summed E-state index contributed by atoms with van der Waals surface area (Å²) in [5.41, 5.74) is 3.26. The Kier molecular flexibility index (Phi) is 5.15. The van der Waals surface area contributed by atoms with Crippen LogP contribution in [0.2, 0.25) is 0 Å². The Hall–Kier alpha value is -1.31. The van der Waals surface area contributed by atoms with Crippen molar-refractivity contribution in [2.45, 2.75) is 59.3 Å². The predicted molar refractivity (Wildman–Crippen MR) is 77.4 cm³/mol. The van der Waals surface area contributed by atoms with Gasteiger partial charge in [0, 0.05) is 0 Å². The highest BCUT2D eigenvalue weighted by Gasteiger charge is 2.25. The van der Waals surface area contributed by atoms with Crippen LogP contribution in [0, 0.1) is 6.92 Å². The number of phenols is 1. The molecule has 102 valence electrons. The number of aryl methyl sites for hydroxylation is 1. The Labute approximate surface area is 111 Å². The SMILES string of the molecule is C=O.Cc1cc(C(C)(C)C)c(O)c(C(C)(C)C)c1. The van der Waals surface area contributed by atoms with E-state index in [2.05, 4.69) is 60.6 Å². The first-order valence-corrected chi connectivity index (χ1v) is 6.17. The third-order valence-electron chi connectivity index (χ3n) is 2.87. The fourth-order valence-electron chi connectivity index (χ4n) is 1.92. The van der Waals surface area contributed by atoms with Crippen LogP contribution in [0.5, 0.6) is 5.75 Å². The average Bonchev–Trinajstić information content (AvgIpc) is 2.21. The number of phenolic OH excluding ortho intramolecular Hbond substituents is 1. The zero-order valence-corrected chi connectivity index (χ0v) is 12.7. The quantitative estimate of drug-likeness (QED) is 0.752. The van der Waals surface area contributed by atoms with E-state index in [1.54, 1.807) is 0 Å². The van der Waals surface area contributed by atoms with Crippen LogP contribution in [0.1, 0.15) is 58.2 Å². The van der Waals surface area contributed by atoms with Crippen LogP contribution < -0.4 is 0 Å². The molecular weight excluding hydrogens is 224 g/mol. The van der Waals surface area contributed by atoms with Crippen LogP contribution in [0.4, 0.5) is 0 Å². The van der Waals surface area contributed by atoms with Crippen LogP contribution in [0.25, 0.3) is 0 Å². The van der Waals surface area contributed by atoms with E-state index in [-0.39, 0.29) is 10.8 Å². The van der Waals surface area contributed by atoms with Crippen LogP contribution in [-0.4, -0.2) is 11.9 Å². The number of aromatic hydroxyl groups is 1. The normalized spacial score (nSPS) is 11.7. The Morgan fingerprint density at radius 2 is 1.17 bits per heavy atom. The molecule has 2 heteroatoms. The van der Waals surface area contributed by atoms with Gasteiger partial charge < -0.3 is 9.90 Å². The monoisotopic (exact) mass is 250 g/mol. The molecule has 1 aromatic rings. The number of carbonyl (C=O) groups excluding carboxylic acids is 1. The van der Waals surface area contributed by atoms with Crippen LogP contribution >= 0.6 is 0 Å². The molecule has 0 fully saturated rings. The van der Waals surface area contributed by atoms with E-state index >= 15 is 0 Å². The van der Waals surface area contributed by atoms with Gasteiger partial charge in [0.25, 0.3) is 0 Å². The summed E-state index contributed by atoms with van der Waals surface area (Å²) < 4.78 is 0. The van der Waals surface area contributed by atoms with Gasteiger partial charge in [-0.2, -0.15) is 0 Å². The molecule has 0 aliphatic heterocycles. The molecule has 1 rings (SSSR count). The molecular formula is C16H26O2. The maximum Gasteiger partial charge on any atom is 0.123 e. The summed E-state index contributed by atoms with van der Waals surface area (Å²) >= 11 is 0. The van der Waals surface area contributed by atoms with E-state index in [1.807, 2.05) is 6.79 Å². The predicted octanol–water partition coefficient (Wildman–Crippen LogP) is 4.11. The number of hydrogen-bond acceptors (Lipinski definition) is 2. The first-order chi connectivity index (χ1) is 8.03. The van der Waals surface area contributed by atoms with E-state index < -0.39 is 0 Å². The van der Waals surface area contributed by atoms with Gasteiger partial charge in [-0.15, -0.1) is 0 Å². The average molecular weight is 250 g/mol. The van der Waals surface area contributed by atoms with E-state index in [0.717, 1.165) is 11.1 Å². The highest BCUT2D eigenvalue weighted by molar-refractivity contribution is 5.49. The van der Waals surface area contributed by atoms with Gasteiger partial charge in [0.05, 0.1) is 0 Å². The summed E-state index contributed by atoms with van der Waals surface area (Å²) in [5, 5.41) is 10.4. The van der Waals surface area contributed by atoms with E-state index in [0.29, 0.717) is 5.75 Å². The zero-order chi connectivity index (χ0) is 14.7. The van der Waals surface area contributed by atoms with E-state index in [1.165, 1.54) is 5.56 Å². The molecule has 0 aromatic heterocycles. The summed E-state index contributed by atoms with van der Waals surface area (Å²) in [6.45, 7) is 16.9. The first kappa shape index (κ1) is 16.7. The minimum atomic E-state index is -0.0178. The van der Waals surface area contributed by atoms with Gasteiger partial charge in [0.15, 0.2) is 0 Å². The van der Waals surface area contributed by atoms with Gasteiger partial charge in [-0.3, -0.25) is 0 Å². The standard InChI is InChI=1S/C15H24O.CH2O/c1-10-8-11(14(2,3)4)13(16)12(9-10)15(5,6)7;1-2/h8-9,16H,1-7H3;1H2. The molecule has 0 saturated heterocycles. The Balaban J connectivity index is 0.00000137. The number of rotatable bonds is 0. The maximum atomic E-state index is 10.4. The molecule has 0 radical (unpaired) electrons. The summed E-state index contributed by atoms with van der Waals surface area (Å²) in [6, 6.07) is 4.18. The van der Waals surface area contributed by atoms with Crippen molar-refractivity contribution in [2.24, 2.45) is 0 Å². The summed E-state index contributed by atoms with van der Waals surface area (Å²) in [7, 11) is 0. The van der Waals surface area contributed by atoms with Crippen molar-refractivity contribution in [1.29, 1.82) is 0 Å². The Morgan fingerprint density at radius 1 is 0.889 bits per heavy atom. The molecule has 0 heterocycles. The molecule has 0 atom stereocenters. The lowest BCUT2D eigenvalue weighted by Crippen LogP contribution is -2.17. The second kappa shape index (κ2) is 5.55. The van der Waals surface area contributed by atoms with Crippen molar-refractivity contribution in [2.75, 3.05) is 0 Å². The minimum absolute atomic E-state index is 0.0178. The van der Waals surface area contributed by atoms with Crippen LogP contribution in [-0.2, 0) is 15.6 Å². The molecule has 0 aliphatic carbocycles. The molecule has 0 spiro atoms. The largest absolute Gasteiger partial charge is 0.507 e. The van der Waals surface area contributed by atoms with Gasteiger partial charge in [0.1, 0.15) is 12.5 Å². The third kappa shape index (κ3) is 3.86. The molecule has 1 N–H and O–H groups in total. The van der Waals surface area contributed by atoms with Gasteiger partial charge in [-0.05, 0) is 28.9 Å². The smallest absolute Gasteiger partial charge is 0.123 e. The Bertz CT molecular complexity index is 371. The Morgan fingerprint density at radius 3 is 1.39 bits per heavy atom. The molecule has 1 aromatic carbocycles. The topological polar surface area (TPSA) is 37.3 Å². The molecule has 18 heavy (non-hydrogen) atoms. The highest BCUT2D eigenvalue weighted by atomic mass is 16.3. The minimum Gasteiger partial charge on any atom is -0.507 e. The number of carbonyl (C=O) groups is 1.